The highest BCUT2D eigenvalue weighted by atomic mass is 19.1. The van der Waals surface area contributed by atoms with Crippen LogP contribution in [0, 0.1) is 5.82 Å². The van der Waals surface area contributed by atoms with Gasteiger partial charge in [-0.05, 0) is 42.0 Å². The topological polar surface area (TPSA) is 79.8 Å². The van der Waals surface area contributed by atoms with Gasteiger partial charge in [0.1, 0.15) is 11.6 Å². The third kappa shape index (κ3) is 6.56. The van der Waals surface area contributed by atoms with Crippen LogP contribution in [-0.2, 0) is 16.0 Å². The molecule has 0 bridgehead atoms. The number of amides is 2. The average Bonchev–Trinajstić information content (AvgIpc) is 2.75. The predicted octanol–water partition coefficient (Wildman–Crippen LogP) is 3.54. The summed E-state index contributed by atoms with van der Waals surface area (Å²) in [7, 11) is 0. The van der Waals surface area contributed by atoms with Gasteiger partial charge in [-0.1, -0.05) is 42.5 Å². The number of hydrogen-bond acceptors (Lipinski definition) is 4. The van der Waals surface area contributed by atoms with E-state index in [0.717, 1.165) is 0 Å². The zero-order valence-corrected chi connectivity index (χ0v) is 16.0. The molecule has 0 aromatic heterocycles. The molecule has 152 valence electrons. The minimum atomic E-state index is -0.355. The smallest absolute Gasteiger partial charge is 0.262 e. The van der Waals surface area contributed by atoms with E-state index in [2.05, 4.69) is 15.8 Å². The van der Waals surface area contributed by atoms with E-state index in [4.69, 9.17) is 4.74 Å². The second kappa shape index (κ2) is 10.5. The number of hydrogen-bond donors (Lipinski definition) is 2. The first-order chi connectivity index (χ1) is 14.6. The molecule has 0 saturated heterocycles. The summed E-state index contributed by atoms with van der Waals surface area (Å²) in [6.07, 6.45) is 1.52. The second-order valence-electron chi connectivity index (χ2n) is 6.34. The van der Waals surface area contributed by atoms with Crippen molar-refractivity contribution < 1.29 is 18.7 Å². The van der Waals surface area contributed by atoms with Gasteiger partial charge in [0.25, 0.3) is 5.91 Å². The third-order valence-corrected chi connectivity index (χ3v) is 4.01. The molecule has 0 unspecified atom stereocenters. The van der Waals surface area contributed by atoms with Crippen molar-refractivity contribution >= 4 is 23.7 Å². The van der Waals surface area contributed by atoms with Gasteiger partial charge >= 0.3 is 0 Å². The molecule has 0 aliphatic rings. The van der Waals surface area contributed by atoms with Crippen LogP contribution < -0.4 is 15.5 Å². The molecule has 3 aromatic rings. The van der Waals surface area contributed by atoms with Crippen LogP contribution >= 0.6 is 0 Å². The summed E-state index contributed by atoms with van der Waals surface area (Å²) in [4.78, 5) is 24.0. The molecule has 0 aliphatic heterocycles. The normalized spacial score (nSPS) is 10.6. The first-order valence-electron chi connectivity index (χ1n) is 9.23. The lowest BCUT2D eigenvalue weighted by atomic mass is 10.1. The van der Waals surface area contributed by atoms with E-state index in [1.807, 2.05) is 18.2 Å². The predicted molar refractivity (Wildman–Crippen MR) is 113 cm³/mol. The largest absolute Gasteiger partial charge is 0.483 e. The SMILES string of the molecule is O=C(Cc1ccc(F)cc1)N/N=C/c1ccccc1OCC(=O)Nc1ccccc1. The van der Waals surface area contributed by atoms with Crippen LogP contribution in [0.4, 0.5) is 10.1 Å². The molecule has 0 heterocycles. The minimum Gasteiger partial charge on any atom is -0.483 e. The number of carbonyl (C=O) groups is 2. The highest BCUT2D eigenvalue weighted by molar-refractivity contribution is 5.92. The van der Waals surface area contributed by atoms with Crippen LogP contribution in [0.25, 0.3) is 0 Å². The Labute approximate surface area is 173 Å². The average molecular weight is 405 g/mol. The Balaban J connectivity index is 1.52. The first-order valence-corrected chi connectivity index (χ1v) is 9.23. The summed E-state index contributed by atoms with van der Waals surface area (Å²) < 4.78 is 18.5. The molecule has 3 rings (SSSR count). The van der Waals surface area contributed by atoms with Crippen molar-refractivity contribution in [2.45, 2.75) is 6.42 Å². The zero-order chi connectivity index (χ0) is 21.2. The summed E-state index contributed by atoms with van der Waals surface area (Å²) in [6.45, 7) is -0.170. The summed E-state index contributed by atoms with van der Waals surface area (Å²) in [6, 6.07) is 21.8. The maximum absolute atomic E-state index is 12.9. The zero-order valence-electron chi connectivity index (χ0n) is 16.0. The number of nitrogens with zero attached hydrogens (tertiary/aromatic N) is 1. The van der Waals surface area contributed by atoms with Crippen molar-refractivity contribution in [3.63, 3.8) is 0 Å². The van der Waals surface area contributed by atoms with Gasteiger partial charge in [-0.2, -0.15) is 5.10 Å². The number of anilines is 1. The van der Waals surface area contributed by atoms with Gasteiger partial charge in [0.2, 0.25) is 5.91 Å². The molecule has 0 atom stereocenters. The molecule has 0 aliphatic carbocycles. The second-order valence-corrected chi connectivity index (χ2v) is 6.34. The van der Waals surface area contributed by atoms with Gasteiger partial charge in [-0.15, -0.1) is 0 Å². The monoisotopic (exact) mass is 405 g/mol. The molecule has 2 amide bonds. The van der Waals surface area contributed by atoms with Crippen molar-refractivity contribution in [3.8, 4) is 5.75 Å². The Bertz CT molecular complexity index is 1020. The number of rotatable bonds is 8. The van der Waals surface area contributed by atoms with Gasteiger partial charge in [0, 0.05) is 11.3 Å². The Kier molecular flexibility index (Phi) is 7.27. The van der Waals surface area contributed by atoms with Crippen LogP contribution in [-0.4, -0.2) is 24.6 Å². The van der Waals surface area contributed by atoms with Crippen molar-refractivity contribution in [1.29, 1.82) is 0 Å². The molecule has 3 aromatic carbocycles. The van der Waals surface area contributed by atoms with Crippen LogP contribution in [0.5, 0.6) is 5.75 Å². The molecule has 2 N–H and O–H groups in total. The van der Waals surface area contributed by atoms with Gasteiger partial charge in [-0.3, -0.25) is 9.59 Å². The van der Waals surface area contributed by atoms with E-state index in [1.165, 1.54) is 18.3 Å². The molecule has 0 fully saturated rings. The number of hydrazone groups is 1. The first kappa shape index (κ1) is 20.7. The Morgan fingerprint density at radius 2 is 1.60 bits per heavy atom. The van der Waals surface area contributed by atoms with Crippen LogP contribution in [0.3, 0.4) is 0 Å². The Morgan fingerprint density at radius 1 is 0.900 bits per heavy atom. The molecule has 0 spiro atoms. The van der Waals surface area contributed by atoms with Crippen molar-refractivity contribution in [2.75, 3.05) is 11.9 Å². The lowest BCUT2D eigenvalue weighted by molar-refractivity contribution is -0.120. The van der Waals surface area contributed by atoms with E-state index in [-0.39, 0.29) is 30.7 Å². The molecular weight excluding hydrogens is 385 g/mol. The maximum Gasteiger partial charge on any atom is 0.262 e. The van der Waals surface area contributed by atoms with E-state index in [0.29, 0.717) is 22.6 Å². The standard InChI is InChI=1S/C23H20FN3O3/c24-19-12-10-17(11-13-19)14-22(28)27-25-15-18-6-4-5-9-21(18)30-16-23(29)26-20-7-2-1-3-8-20/h1-13,15H,14,16H2,(H,26,29)(H,27,28)/b25-15+. The summed E-state index contributed by atoms with van der Waals surface area (Å²) in [5, 5.41) is 6.67. The number of halogens is 1. The molecule has 7 heteroatoms. The van der Waals surface area contributed by atoms with Crippen LogP contribution in [0.1, 0.15) is 11.1 Å². The highest BCUT2D eigenvalue weighted by Crippen LogP contribution is 2.16. The summed E-state index contributed by atoms with van der Waals surface area (Å²) in [5.74, 6) is -0.525. The number of benzene rings is 3. The quantitative estimate of drug-likeness (QED) is 0.444. The lowest BCUT2D eigenvalue weighted by Crippen LogP contribution is -2.21. The molecular formula is C23H20FN3O3. The fourth-order valence-electron chi connectivity index (χ4n) is 2.58. The van der Waals surface area contributed by atoms with Gasteiger partial charge in [0.05, 0.1) is 12.6 Å². The van der Waals surface area contributed by atoms with Crippen molar-refractivity contribution in [2.24, 2.45) is 5.10 Å². The fraction of sp³-hybridized carbons (Fsp3) is 0.0870. The van der Waals surface area contributed by atoms with Crippen molar-refractivity contribution in [3.05, 3.63) is 95.8 Å². The Morgan fingerprint density at radius 3 is 2.37 bits per heavy atom. The number of carbonyl (C=O) groups excluding carboxylic acids is 2. The fourth-order valence-corrected chi connectivity index (χ4v) is 2.58. The highest BCUT2D eigenvalue weighted by Gasteiger charge is 2.07. The van der Waals surface area contributed by atoms with E-state index >= 15 is 0 Å². The molecule has 30 heavy (non-hydrogen) atoms. The molecule has 0 saturated carbocycles. The molecule has 0 radical (unpaired) electrons. The number of nitrogens with one attached hydrogen (secondary N) is 2. The van der Waals surface area contributed by atoms with E-state index in [1.54, 1.807) is 48.5 Å². The number of para-hydroxylation sites is 2. The maximum atomic E-state index is 12.9. The molecule has 6 nitrogen and oxygen atoms in total. The minimum absolute atomic E-state index is 0.0788. The van der Waals surface area contributed by atoms with E-state index in [9.17, 15) is 14.0 Å². The van der Waals surface area contributed by atoms with E-state index < -0.39 is 0 Å². The van der Waals surface area contributed by atoms with Crippen molar-refractivity contribution in [1.82, 2.24) is 5.43 Å². The summed E-state index contributed by atoms with van der Waals surface area (Å²) in [5.41, 5.74) is 4.39. The van der Waals surface area contributed by atoms with Gasteiger partial charge in [0.15, 0.2) is 6.61 Å². The van der Waals surface area contributed by atoms with Gasteiger partial charge < -0.3 is 10.1 Å². The number of ether oxygens (including phenoxy) is 1. The van der Waals surface area contributed by atoms with Crippen LogP contribution in [0.2, 0.25) is 0 Å². The van der Waals surface area contributed by atoms with Gasteiger partial charge in [-0.25, -0.2) is 9.82 Å². The Hall–Kier alpha value is -4.00. The lowest BCUT2D eigenvalue weighted by Gasteiger charge is -2.09. The van der Waals surface area contributed by atoms with Crippen LogP contribution in [0.15, 0.2) is 84.0 Å². The third-order valence-electron chi connectivity index (χ3n) is 4.01. The summed E-state index contributed by atoms with van der Waals surface area (Å²) >= 11 is 0.